The number of anilines is 1. The number of hydrogen-bond acceptors (Lipinski definition) is 6. The highest BCUT2D eigenvalue weighted by Gasteiger charge is 2.18. The van der Waals surface area contributed by atoms with Crippen LogP contribution in [-0.4, -0.2) is 14.8 Å². The van der Waals surface area contributed by atoms with E-state index in [0.717, 1.165) is 11.3 Å². The number of nitrogens with two attached hydrogens (primary N) is 1. The molecule has 2 aromatic heterocycles. The van der Waals surface area contributed by atoms with Crippen molar-refractivity contribution in [1.82, 2.24) is 14.8 Å². The monoisotopic (exact) mass is 457 g/mol. The van der Waals surface area contributed by atoms with Crippen molar-refractivity contribution in [3.8, 4) is 29.0 Å². The maximum absolute atomic E-state index is 14.2. The number of nitriles is 1. The first kappa shape index (κ1) is 22.8. The van der Waals surface area contributed by atoms with Crippen molar-refractivity contribution in [2.24, 2.45) is 0 Å². The minimum atomic E-state index is -0.474. The fourth-order valence-electron chi connectivity index (χ4n) is 3.39. The van der Waals surface area contributed by atoms with Gasteiger partial charge in [-0.15, -0.1) is 0 Å². The van der Waals surface area contributed by atoms with Gasteiger partial charge in [0.1, 0.15) is 35.7 Å². The Morgan fingerprint density at radius 1 is 1.06 bits per heavy atom. The van der Waals surface area contributed by atoms with Gasteiger partial charge < -0.3 is 15.2 Å². The Bertz CT molecular complexity index is 1340. The summed E-state index contributed by atoms with van der Waals surface area (Å²) in [5, 5.41) is 14.0. The van der Waals surface area contributed by atoms with Gasteiger partial charge in [0.05, 0.1) is 17.1 Å². The second kappa shape index (κ2) is 9.63. The summed E-state index contributed by atoms with van der Waals surface area (Å²) in [6.45, 7) is 6.10. The number of hydrogen-bond donors (Lipinski definition) is 1. The van der Waals surface area contributed by atoms with Crippen LogP contribution in [0, 0.1) is 24.1 Å². The third-order valence-electron chi connectivity index (χ3n) is 5.14. The van der Waals surface area contributed by atoms with E-state index in [2.05, 4.69) is 16.2 Å². The normalized spacial score (nSPS) is 10.8. The number of nitrogen functional groups attached to an aromatic ring is 1. The Kier molecular flexibility index (Phi) is 6.46. The van der Waals surface area contributed by atoms with E-state index in [1.54, 1.807) is 36.5 Å². The molecule has 0 amide bonds. The largest absolute Gasteiger partial charge is 0.489 e. The number of benzene rings is 2. The van der Waals surface area contributed by atoms with E-state index in [0.29, 0.717) is 34.3 Å². The summed E-state index contributed by atoms with van der Waals surface area (Å²) in [6.07, 6.45) is 1.72. The zero-order valence-electron chi connectivity index (χ0n) is 19.1. The van der Waals surface area contributed by atoms with Gasteiger partial charge in [-0.3, -0.25) is 4.98 Å². The van der Waals surface area contributed by atoms with Crippen LogP contribution in [-0.2, 0) is 6.61 Å². The topological polar surface area (TPSA) is 99.0 Å². The van der Waals surface area contributed by atoms with E-state index in [9.17, 15) is 9.65 Å². The summed E-state index contributed by atoms with van der Waals surface area (Å²) in [7, 11) is 0. The molecule has 4 rings (SSSR count). The molecule has 7 nitrogen and oxygen atoms in total. The predicted molar refractivity (Wildman–Crippen MR) is 127 cm³/mol. The first-order chi connectivity index (χ1) is 16.3. The Morgan fingerprint density at radius 3 is 2.44 bits per heavy atom. The molecule has 0 bridgehead atoms. The molecular formula is C26H24FN5O2. The van der Waals surface area contributed by atoms with E-state index >= 15 is 0 Å². The third kappa shape index (κ3) is 4.99. The molecule has 34 heavy (non-hydrogen) atoms. The number of ether oxygens (including phenoxy) is 2. The van der Waals surface area contributed by atoms with Crippen LogP contribution in [0.25, 0.3) is 5.69 Å². The van der Waals surface area contributed by atoms with Gasteiger partial charge in [0.25, 0.3) is 0 Å². The summed E-state index contributed by atoms with van der Waals surface area (Å²) in [5.74, 6) is 0.749. The molecule has 8 heteroatoms. The van der Waals surface area contributed by atoms with Gasteiger partial charge in [-0.1, -0.05) is 19.9 Å². The summed E-state index contributed by atoms with van der Waals surface area (Å²) < 4.78 is 27.2. The number of aryl methyl sites for hydroxylation is 1. The molecule has 0 unspecified atom stereocenters. The van der Waals surface area contributed by atoms with Gasteiger partial charge in [-0.25, -0.2) is 9.07 Å². The quantitative estimate of drug-likeness (QED) is 0.384. The Morgan fingerprint density at radius 2 is 1.79 bits per heavy atom. The molecule has 0 aliphatic rings. The lowest BCUT2D eigenvalue weighted by Gasteiger charge is -2.11. The van der Waals surface area contributed by atoms with Crippen molar-refractivity contribution in [3.63, 3.8) is 0 Å². The molecule has 0 aliphatic heterocycles. The molecule has 0 atom stereocenters. The van der Waals surface area contributed by atoms with Crippen LogP contribution in [0.4, 0.5) is 10.1 Å². The van der Waals surface area contributed by atoms with Gasteiger partial charge in [0.2, 0.25) is 0 Å². The van der Waals surface area contributed by atoms with Crippen LogP contribution >= 0.6 is 0 Å². The predicted octanol–water partition coefficient (Wildman–Crippen LogP) is 5.66. The first-order valence-electron chi connectivity index (χ1n) is 10.8. The lowest BCUT2D eigenvalue weighted by Crippen LogP contribution is -2.01. The van der Waals surface area contributed by atoms with E-state index in [1.165, 1.54) is 16.8 Å². The number of halogens is 1. The number of aromatic nitrogens is 3. The second-order valence-electron chi connectivity index (χ2n) is 8.14. The van der Waals surface area contributed by atoms with Crippen LogP contribution in [0.5, 0.6) is 17.2 Å². The van der Waals surface area contributed by atoms with Gasteiger partial charge in [0.15, 0.2) is 5.69 Å². The van der Waals surface area contributed by atoms with Crippen LogP contribution < -0.4 is 15.2 Å². The standard InChI is InChI=1S/C26H24FN5O2/c1-16(2)26-25(29)24(13-28)32(31-26)20-6-8-21(9-7-20)34-23-11-19(27)10-22(12-23)33-15-18-5-4-17(3)30-14-18/h4-12,14,16H,15,29H2,1-3H3. The Balaban J connectivity index is 1.50. The summed E-state index contributed by atoms with van der Waals surface area (Å²) >= 11 is 0. The van der Waals surface area contributed by atoms with Crippen molar-refractivity contribution in [2.45, 2.75) is 33.3 Å². The molecule has 4 aromatic rings. The SMILES string of the molecule is Cc1ccc(COc2cc(F)cc(Oc3ccc(-n4nc(C(C)C)c(N)c4C#N)cc3)c2)cn1. The van der Waals surface area contributed by atoms with Crippen molar-refractivity contribution in [3.05, 3.63) is 89.3 Å². The first-order valence-corrected chi connectivity index (χ1v) is 10.8. The Labute approximate surface area is 197 Å². The molecule has 0 fully saturated rings. The zero-order valence-corrected chi connectivity index (χ0v) is 19.1. The van der Waals surface area contributed by atoms with Crippen molar-refractivity contribution in [2.75, 3.05) is 5.73 Å². The van der Waals surface area contributed by atoms with Gasteiger partial charge in [-0.05, 0) is 43.2 Å². The number of nitrogens with zero attached hydrogens (tertiary/aromatic N) is 4. The summed E-state index contributed by atoms with van der Waals surface area (Å²) in [4.78, 5) is 4.23. The maximum atomic E-state index is 14.2. The van der Waals surface area contributed by atoms with Crippen LogP contribution in [0.2, 0.25) is 0 Å². The molecular weight excluding hydrogens is 433 g/mol. The van der Waals surface area contributed by atoms with E-state index in [1.807, 2.05) is 32.9 Å². The Hall–Kier alpha value is -4.38. The lowest BCUT2D eigenvalue weighted by atomic mass is 10.1. The molecule has 172 valence electrons. The van der Waals surface area contributed by atoms with Crippen LogP contribution in [0.15, 0.2) is 60.8 Å². The van der Waals surface area contributed by atoms with Crippen LogP contribution in [0.1, 0.15) is 42.4 Å². The zero-order chi connectivity index (χ0) is 24.2. The fourth-order valence-corrected chi connectivity index (χ4v) is 3.39. The van der Waals surface area contributed by atoms with Crippen LogP contribution in [0.3, 0.4) is 0 Å². The molecule has 2 heterocycles. The van der Waals surface area contributed by atoms with Crippen molar-refractivity contribution < 1.29 is 13.9 Å². The number of rotatable bonds is 7. The van der Waals surface area contributed by atoms with Crippen molar-refractivity contribution >= 4 is 5.69 Å². The highest BCUT2D eigenvalue weighted by atomic mass is 19.1. The molecule has 0 spiro atoms. The summed E-state index contributed by atoms with van der Waals surface area (Å²) in [6, 6.07) is 17.1. The highest BCUT2D eigenvalue weighted by Crippen LogP contribution is 2.30. The highest BCUT2D eigenvalue weighted by molar-refractivity contribution is 5.58. The minimum Gasteiger partial charge on any atom is -0.489 e. The summed E-state index contributed by atoms with van der Waals surface area (Å²) in [5.41, 5.74) is 9.90. The smallest absolute Gasteiger partial charge is 0.167 e. The molecule has 0 saturated carbocycles. The molecule has 0 aliphatic carbocycles. The van der Waals surface area contributed by atoms with Gasteiger partial charge in [-0.2, -0.15) is 10.4 Å². The van der Waals surface area contributed by atoms with Gasteiger partial charge >= 0.3 is 0 Å². The van der Waals surface area contributed by atoms with E-state index in [4.69, 9.17) is 15.2 Å². The molecule has 0 saturated heterocycles. The fraction of sp³-hybridized carbons (Fsp3) is 0.192. The average Bonchev–Trinajstić information content (AvgIpc) is 3.15. The van der Waals surface area contributed by atoms with E-state index in [-0.39, 0.29) is 18.2 Å². The van der Waals surface area contributed by atoms with E-state index < -0.39 is 5.82 Å². The number of pyridine rings is 1. The molecule has 2 aromatic carbocycles. The maximum Gasteiger partial charge on any atom is 0.167 e. The molecule has 0 radical (unpaired) electrons. The van der Waals surface area contributed by atoms with Gasteiger partial charge in [0, 0.05) is 35.7 Å². The second-order valence-corrected chi connectivity index (χ2v) is 8.14. The molecule has 2 N–H and O–H groups in total. The third-order valence-corrected chi connectivity index (χ3v) is 5.14. The van der Waals surface area contributed by atoms with Crippen molar-refractivity contribution in [1.29, 1.82) is 5.26 Å². The average molecular weight is 458 g/mol. The minimum absolute atomic E-state index is 0.0858. The lowest BCUT2D eigenvalue weighted by molar-refractivity contribution is 0.302.